The number of hydrogen-bond acceptors (Lipinski definition) is 4. The van der Waals surface area contributed by atoms with E-state index in [1.807, 2.05) is 6.07 Å². The van der Waals surface area contributed by atoms with Crippen LogP contribution >= 0.6 is 0 Å². The van der Waals surface area contributed by atoms with Crippen LogP contribution in [0.4, 0.5) is 5.69 Å². The fourth-order valence-corrected chi connectivity index (χ4v) is 3.32. The van der Waals surface area contributed by atoms with Crippen molar-refractivity contribution in [3.8, 4) is 11.5 Å². The van der Waals surface area contributed by atoms with Gasteiger partial charge in [0.2, 0.25) is 18.6 Å². The summed E-state index contributed by atoms with van der Waals surface area (Å²) in [4.78, 5) is 25.8. The molecule has 1 heterocycles. The lowest BCUT2D eigenvalue weighted by Crippen LogP contribution is -2.40. The van der Waals surface area contributed by atoms with Gasteiger partial charge in [-0.05, 0) is 25.0 Å². The molecule has 0 atom stereocenters. The van der Waals surface area contributed by atoms with Gasteiger partial charge in [-0.25, -0.2) is 0 Å². The number of anilines is 1. The second-order valence-electron chi connectivity index (χ2n) is 6.33. The van der Waals surface area contributed by atoms with Crippen molar-refractivity contribution in [3.63, 3.8) is 0 Å². The molecule has 1 aromatic rings. The number of nitrogens with zero attached hydrogens (tertiary/aromatic N) is 1. The quantitative estimate of drug-likeness (QED) is 0.899. The maximum atomic E-state index is 12.2. The normalized spacial score (nSPS) is 16.7. The van der Waals surface area contributed by atoms with Gasteiger partial charge in [0, 0.05) is 37.7 Å². The Bertz CT molecular complexity index is 611. The molecule has 1 aromatic carbocycles. The number of carbonyl (C=O) groups excluding carboxylic acids is 2. The second kappa shape index (κ2) is 7.55. The smallest absolute Gasteiger partial charge is 0.231 e. The van der Waals surface area contributed by atoms with E-state index in [-0.39, 0.29) is 24.5 Å². The molecule has 6 nitrogen and oxygen atoms in total. The van der Waals surface area contributed by atoms with Gasteiger partial charge in [-0.1, -0.05) is 19.3 Å². The minimum absolute atomic E-state index is 0.0687. The predicted octanol–water partition coefficient (Wildman–Crippen LogP) is 2.46. The fraction of sp³-hybridized carbons (Fsp3) is 0.556. The maximum absolute atomic E-state index is 12.2. The maximum Gasteiger partial charge on any atom is 0.231 e. The zero-order valence-electron chi connectivity index (χ0n) is 14.0. The standard InChI is InChI=1S/C18H24N2O4/c1-13(21)20(15-7-8-16-17(11-15)24-12-23-16)10-9-19-18(22)14-5-3-2-4-6-14/h7-8,11,14H,2-6,9-10,12H2,1H3,(H,19,22). The van der Waals surface area contributed by atoms with Crippen LogP contribution in [0.2, 0.25) is 0 Å². The summed E-state index contributed by atoms with van der Waals surface area (Å²) < 4.78 is 10.7. The van der Waals surface area contributed by atoms with Crippen LogP contribution in [0.25, 0.3) is 0 Å². The van der Waals surface area contributed by atoms with Crippen molar-refractivity contribution in [2.75, 3.05) is 24.8 Å². The van der Waals surface area contributed by atoms with Gasteiger partial charge in [0.15, 0.2) is 11.5 Å². The van der Waals surface area contributed by atoms with E-state index in [2.05, 4.69) is 5.32 Å². The van der Waals surface area contributed by atoms with Crippen LogP contribution in [-0.2, 0) is 9.59 Å². The third-order valence-electron chi connectivity index (χ3n) is 4.66. The van der Waals surface area contributed by atoms with Crippen LogP contribution in [0, 0.1) is 5.92 Å². The van der Waals surface area contributed by atoms with Crippen LogP contribution in [-0.4, -0.2) is 31.7 Å². The Labute approximate surface area is 142 Å². The number of fused-ring (bicyclic) bond motifs is 1. The van der Waals surface area contributed by atoms with Crippen molar-refractivity contribution in [3.05, 3.63) is 18.2 Å². The Kier molecular flexibility index (Phi) is 5.23. The molecule has 2 aliphatic rings. The molecule has 130 valence electrons. The number of nitrogens with one attached hydrogen (secondary N) is 1. The molecule has 1 saturated carbocycles. The first-order chi connectivity index (χ1) is 11.6. The number of rotatable bonds is 5. The zero-order chi connectivity index (χ0) is 16.9. The van der Waals surface area contributed by atoms with E-state index in [0.717, 1.165) is 31.4 Å². The van der Waals surface area contributed by atoms with E-state index in [9.17, 15) is 9.59 Å². The summed E-state index contributed by atoms with van der Waals surface area (Å²) in [5.41, 5.74) is 0.749. The topological polar surface area (TPSA) is 67.9 Å². The van der Waals surface area contributed by atoms with Gasteiger partial charge in [-0.2, -0.15) is 0 Å². The molecule has 6 heteroatoms. The molecular weight excluding hydrogens is 308 g/mol. The highest BCUT2D eigenvalue weighted by Gasteiger charge is 2.22. The third-order valence-corrected chi connectivity index (χ3v) is 4.66. The van der Waals surface area contributed by atoms with Crippen molar-refractivity contribution in [1.82, 2.24) is 5.32 Å². The summed E-state index contributed by atoms with van der Waals surface area (Å²) >= 11 is 0. The van der Waals surface area contributed by atoms with E-state index in [1.54, 1.807) is 17.0 Å². The lowest BCUT2D eigenvalue weighted by molar-refractivity contribution is -0.126. The Hall–Kier alpha value is -2.24. The molecule has 24 heavy (non-hydrogen) atoms. The largest absolute Gasteiger partial charge is 0.454 e. The summed E-state index contributed by atoms with van der Waals surface area (Å²) in [6.07, 6.45) is 5.45. The molecule has 0 unspecified atom stereocenters. The van der Waals surface area contributed by atoms with Gasteiger partial charge in [0.05, 0.1) is 0 Å². The number of ether oxygens (including phenoxy) is 2. The Morgan fingerprint density at radius 3 is 2.67 bits per heavy atom. The number of amides is 2. The highest BCUT2D eigenvalue weighted by atomic mass is 16.7. The predicted molar refractivity (Wildman–Crippen MR) is 90.2 cm³/mol. The van der Waals surface area contributed by atoms with Crippen LogP contribution in [0.15, 0.2) is 18.2 Å². The molecule has 1 N–H and O–H groups in total. The van der Waals surface area contributed by atoms with Gasteiger partial charge in [-0.3, -0.25) is 9.59 Å². The molecule has 1 aliphatic carbocycles. The molecule has 0 aromatic heterocycles. The van der Waals surface area contributed by atoms with Crippen molar-refractivity contribution in [1.29, 1.82) is 0 Å². The van der Waals surface area contributed by atoms with E-state index in [1.165, 1.54) is 13.3 Å². The molecule has 0 saturated heterocycles. The SMILES string of the molecule is CC(=O)N(CCNC(=O)C1CCCCC1)c1ccc2c(c1)OCO2. The molecule has 0 spiro atoms. The van der Waals surface area contributed by atoms with Gasteiger partial charge in [-0.15, -0.1) is 0 Å². The summed E-state index contributed by atoms with van der Waals surface area (Å²) in [7, 11) is 0. The molecule has 1 aliphatic heterocycles. The van der Waals surface area contributed by atoms with Gasteiger partial charge in [0.1, 0.15) is 0 Å². The van der Waals surface area contributed by atoms with E-state index < -0.39 is 0 Å². The van der Waals surface area contributed by atoms with E-state index in [4.69, 9.17) is 9.47 Å². The number of carbonyl (C=O) groups is 2. The first-order valence-corrected chi connectivity index (χ1v) is 8.60. The summed E-state index contributed by atoms with van der Waals surface area (Å²) in [6.45, 7) is 2.61. The summed E-state index contributed by atoms with van der Waals surface area (Å²) in [5, 5.41) is 2.97. The van der Waals surface area contributed by atoms with Crippen molar-refractivity contribution in [2.45, 2.75) is 39.0 Å². The van der Waals surface area contributed by atoms with Crippen molar-refractivity contribution in [2.24, 2.45) is 5.92 Å². The van der Waals surface area contributed by atoms with E-state index >= 15 is 0 Å². The first kappa shape index (κ1) is 16.6. The monoisotopic (exact) mass is 332 g/mol. The average molecular weight is 332 g/mol. The Morgan fingerprint density at radius 2 is 1.92 bits per heavy atom. The second-order valence-corrected chi connectivity index (χ2v) is 6.33. The minimum atomic E-state index is -0.0687. The lowest BCUT2D eigenvalue weighted by atomic mass is 9.89. The lowest BCUT2D eigenvalue weighted by Gasteiger charge is -2.24. The molecule has 0 radical (unpaired) electrons. The Morgan fingerprint density at radius 1 is 1.17 bits per heavy atom. The van der Waals surface area contributed by atoms with Crippen molar-refractivity contribution >= 4 is 17.5 Å². The van der Waals surface area contributed by atoms with Crippen molar-refractivity contribution < 1.29 is 19.1 Å². The first-order valence-electron chi connectivity index (χ1n) is 8.60. The van der Waals surface area contributed by atoms with E-state index in [0.29, 0.717) is 24.6 Å². The average Bonchev–Trinajstić information content (AvgIpc) is 3.06. The summed E-state index contributed by atoms with van der Waals surface area (Å²) in [5.74, 6) is 1.51. The number of hydrogen-bond donors (Lipinski definition) is 1. The third kappa shape index (κ3) is 3.80. The highest BCUT2D eigenvalue weighted by Crippen LogP contribution is 2.35. The molecular formula is C18H24N2O4. The minimum Gasteiger partial charge on any atom is -0.454 e. The molecule has 0 bridgehead atoms. The Balaban J connectivity index is 1.56. The molecule has 1 fully saturated rings. The van der Waals surface area contributed by atoms with Crippen LogP contribution in [0.1, 0.15) is 39.0 Å². The van der Waals surface area contributed by atoms with Gasteiger partial charge < -0.3 is 19.7 Å². The zero-order valence-corrected chi connectivity index (χ0v) is 14.0. The van der Waals surface area contributed by atoms with Crippen LogP contribution in [0.5, 0.6) is 11.5 Å². The van der Waals surface area contributed by atoms with Crippen LogP contribution < -0.4 is 19.7 Å². The van der Waals surface area contributed by atoms with Gasteiger partial charge in [0.25, 0.3) is 0 Å². The van der Waals surface area contributed by atoms with Gasteiger partial charge >= 0.3 is 0 Å². The fourth-order valence-electron chi connectivity index (χ4n) is 3.32. The van der Waals surface area contributed by atoms with Crippen LogP contribution in [0.3, 0.4) is 0 Å². The number of benzene rings is 1. The molecule has 3 rings (SSSR count). The highest BCUT2D eigenvalue weighted by molar-refractivity contribution is 5.92. The molecule has 2 amide bonds. The summed E-state index contributed by atoms with van der Waals surface area (Å²) in [6, 6.07) is 5.43.